The molecule has 0 radical (unpaired) electrons. The Morgan fingerprint density at radius 1 is 1.18 bits per heavy atom. The van der Waals surface area contributed by atoms with Crippen molar-refractivity contribution >= 4 is 17.4 Å². The minimum atomic E-state index is 0.456. The molecule has 1 aromatic carbocycles. The Kier molecular flexibility index (Phi) is 4.90. The number of likely N-dealkylation sites (tertiary alicyclic amines) is 1. The van der Waals surface area contributed by atoms with Gasteiger partial charge in [-0.1, -0.05) is 41.9 Å². The first-order valence-electron chi connectivity index (χ1n) is 7.73. The zero-order valence-electron chi connectivity index (χ0n) is 12.8. The van der Waals surface area contributed by atoms with Crippen LogP contribution in [0.2, 0.25) is 5.15 Å². The van der Waals surface area contributed by atoms with E-state index < -0.39 is 0 Å². The number of piperidine rings is 1. The van der Waals surface area contributed by atoms with Crippen LogP contribution in [0.5, 0.6) is 0 Å². The van der Waals surface area contributed by atoms with Crippen LogP contribution < -0.4 is 5.32 Å². The topological polar surface area (TPSA) is 41.1 Å². The second-order valence-corrected chi connectivity index (χ2v) is 6.19. The summed E-state index contributed by atoms with van der Waals surface area (Å²) in [6.07, 6.45) is 2.24. The van der Waals surface area contributed by atoms with E-state index >= 15 is 0 Å². The van der Waals surface area contributed by atoms with Gasteiger partial charge < -0.3 is 5.32 Å². The Morgan fingerprint density at radius 2 is 1.91 bits per heavy atom. The van der Waals surface area contributed by atoms with E-state index in [1.54, 1.807) is 6.07 Å². The molecule has 0 bridgehead atoms. The molecule has 1 aliphatic heterocycles. The molecule has 2 aromatic rings. The van der Waals surface area contributed by atoms with Crippen molar-refractivity contribution in [1.82, 2.24) is 14.9 Å². The van der Waals surface area contributed by atoms with Gasteiger partial charge >= 0.3 is 0 Å². The molecular weight excluding hydrogens is 296 g/mol. The SMILES string of the molecule is Cc1nc(Cl)cc(NC2CCN(Cc3ccccc3)CC2)n1. The Balaban J connectivity index is 1.51. The highest BCUT2D eigenvalue weighted by atomic mass is 35.5. The summed E-state index contributed by atoms with van der Waals surface area (Å²) in [6.45, 7) is 5.10. The summed E-state index contributed by atoms with van der Waals surface area (Å²) < 4.78 is 0. The van der Waals surface area contributed by atoms with Gasteiger partial charge in [0.2, 0.25) is 0 Å². The predicted octanol–water partition coefficient (Wildman–Crippen LogP) is 3.51. The monoisotopic (exact) mass is 316 g/mol. The van der Waals surface area contributed by atoms with E-state index in [0.29, 0.717) is 17.0 Å². The van der Waals surface area contributed by atoms with Gasteiger partial charge in [0.05, 0.1) is 0 Å². The third kappa shape index (κ3) is 4.18. The van der Waals surface area contributed by atoms with Gasteiger partial charge in [0.25, 0.3) is 0 Å². The van der Waals surface area contributed by atoms with Gasteiger partial charge in [0.1, 0.15) is 16.8 Å². The maximum Gasteiger partial charge on any atom is 0.134 e. The van der Waals surface area contributed by atoms with Crippen molar-refractivity contribution in [2.75, 3.05) is 18.4 Å². The number of hydrogen-bond donors (Lipinski definition) is 1. The number of anilines is 1. The molecule has 1 aliphatic rings. The minimum Gasteiger partial charge on any atom is -0.367 e. The second-order valence-electron chi connectivity index (χ2n) is 5.80. The average molecular weight is 317 g/mol. The molecular formula is C17H21ClN4. The first kappa shape index (κ1) is 15.3. The Morgan fingerprint density at radius 3 is 2.59 bits per heavy atom. The molecule has 5 heteroatoms. The first-order chi connectivity index (χ1) is 10.7. The number of nitrogens with zero attached hydrogens (tertiary/aromatic N) is 3. The van der Waals surface area contributed by atoms with Crippen LogP contribution in [-0.2, 0) is 6.54 Å². The molecule has 22 heavy (non-hydrogen) atoms. The Bertz CT molecular complexity index is 589. The maximum atomic E-state index is 5.98. The molecule has 0 aliphatic carbocycles. The van der Waals surface area contributed by atoms with Crippen LogP contribution in [-0.4, -0.2) is 34.0 Å². The number of aryl methyl sites for hydroxylation is 1. The van der Waals surface area contributed by atoms with E-state index in [9.17, 15) is 0 Å². The summed E-state index contributed by atoms with van der Waals surface area (Å²) in [5.74, 6) is 1.54. The van der Waals surface area contributed by atoms with Gasteiger partial charge in [-0.3, -0.25) is 4.90 Å². The van der Waals surface area contributed by atoms with Gasteiger partial charge in [0.15, 0.2) is 0 Å². The van der Waals surface area contributed by atoms with Crippen LogP contribution in [0.25, 0.3) is 0 Å². The number of benzene rings is 1. The van der Waals surface area contributed by atoms with Crippen LogP contribution in [0, 0.1) is 6.92 Å². The van der Waals surface area contributed by atoms with Gasteiger partial charge in [-0.25, -0.2) is 9.97 Å². The molecule has 4 nitrogen and oxygen atoms in total. The fourth-order valence-electron chi connectivity index (χ4n) is 2.89. The van der Waals surface area contributed by atoms with Crippen molar-refractivity contribution in [3.05, 3.63) is 52.9 Å². The molecule has 0 spiro atoms. The van der Waals surface area contributed by atoms with Gasteiger partial charge in [-0.05, 0) is 25.3 Å². The third-order valence-electron chi connectivity index (χ3n) is 4.00. The standard InChI is InChI=1S/C17H21ClN4/c1-13-19-16(18)11-17(20-13)21-15-7-9-22(10-8-15)12-14-5-3-2-4-6-14/h2-6,11,15H,7-10,12H2,1H3,(H,19,20,21). The van der Waals surface area contributed by atoms with Crippen molar-refractivity contribution in [3.8, 4) is 0 Å². The van der Waals surface area contributed by atoms with Gasteiger partial charge in [-0.2, -0.15) is 0 Å². The summed E-state index contributed by atoms with van der Waals surface area (Å²) in [5.41, 5.74) is 1.38. The molecule has 2 heterocycles. The quantitative estimate of drug-likeness (QED) is 0.876. The molecule has 0 saturated carbocycles. The third-order valence-corrected chi connectivity index (χ3v) is 4.19. The molecule has 0 unspecified atom stereocenters. The van der Waals surface area contributed by atoms with Crippen molar-refractivity contribution < 1.29 is 0 Å². The lowest BCUT2D eigenvalue weighted by molar-refractivity contribution is 0.211. The fraction of sp³-hybridized carbons (Fsp3) is 0.412. The van der Waals surface area contributed by atoms with E-state index in [0.717, 1.165) is 38.3 Å². The summed E-state index contributed by atoms with van der Waals surface area (Å²) in [6, 6.07) is 12.9. The van der Waals surface area contributed by atoms with Crippen LogP contribution in [0.3, 0.4) is 0 Å². The summed E-state index contributed by atoms with van der Waals surface area (Å²) >= 11 is 5.98. The van der Waals surface area contributed by atoms with Crippen molar-refractivity contribution in [2.24, 2.45) is 0 Å². The lowest BCUT2D eigenvalue weighted by Crippen LogP contribution is -2.38. The molecule has 0 amide bonds. The van der Waals surface area contributed by atoms with Crippen LogP contribution in [0.1, 0.15) is 24.2 Å². The van der Waals surface area contributed by atoms with E-state index in [1.165, 1.54) is 5.56 Å². The molecule has 1 N–H and O–H groups in total. The van der Waals surface area contributed by atoms with Crippen LogP contribution >= 0.6 is 11.6 Å². The minimum absolute atomic E-state index is 0.456. The maximum absolute atomic E-state index is 5.98. The Labute approximate surface area is 136 Å². The molecule has 1 saturated heterocycles. The van der Waals surface area contributed by atoms with Gasteiger partial charge in [0, 0.05) is 31.7 Å². The van der Waals surface area contributed by atoms with Crippen molar-refractivity contribution in [3.63, 3.8) is 0 Å². The van der Waals surface area contributed by atoms with Crippen molar-refractivity contribution in [2.45, 2.75) is 32.4 Å². The molecule has 1 aromatic heterocycles. The van der Waals surface area contributed by atoms with Crippen LogP contribution in [0.15, 0.2) is 36.4 Å². The highest BCUT2D eigenvalue weighted by molar-refractivity contribution is 6.29. The molecule has 3 rings (SSSR count). The Hall–Kier alpha value is -1.65. The second kappa shape index (κ2) is 7.07. The van der Waals surface area contributed by atoms with E-state index in [1.807, 2.05) is 6.92 Å². The summed E-state index contributed by atoms with van der Waals surface area (Å²) in [5, 5.41) is 3.98. The molecule has 116 valence electrons. The smallest absolute Gasteiger partial charge is 0.134 e. The highest BCUT2D eigenvalue weighted by Gasteiger charge is 2.19. The largest absolute Gasteiger partial charge is 0.367 e. The number of rotatable bonds is 4. The lowest BCUT2D eigenvalue weighted by Gasteiger charge is -2.32. The lowest BCUT2D eigenvalue weighted by atomic mass is 10.0. The normalized spacial score (nSPS) is 16.6. The number of nitrogens with one attached hydrogen (secondary N) is 1. The summed E-state index contributed by atoms with van der Waals surface area (Å²) in [7, 11) is 0. The van der Waals surface area contributed by atoms with Crippen LogP contribution in [0.4, 0.5) is 5.82 Å². The first-order valence-corrected chi connectivity index (χ1v) is 8.11. The number of aromatic nitrogens is 2. The summed E-state index contributed by atoms with van der Waals surface area (Å²) in [4.78, 5) is 11.0. The average Bonchev–Trinajstić information content (AvgIpc) is 2.49. The van der Waals surface area contributed by atoms with E-state index in [4.69, 9.17) is 11.6 Å². The molecule has 0 atom stereocenters. The number of hydrogen-bond acceptors (Lipinski definition) is 4. The van der Waals surface area contributed by atoms with Crippen molar-refractivity contribution in [1.29, 1.82) is 0 Å². The van der Waals surface area contributed by atoms with Gasteiger partial charge in [-0.15, -0.1) is 0 Å². The zero-order chi connectivity index (χ0) is 15.4. The predicted molar refractivity (Wildman–Crippen MR) is 90.1 cm³/mol. The highest BCUT2D eigenvalue weighted by Crippen LogP contribution is 2.18. The zero-order valence-corrected chi connectivity index (χ0v) is 13.6. The van der Waals surface area contributed by atoms with E-state index in [2.05, 4.69) is 50.5 Å². The molecule has 1 fully saturated rings. The fourth-order valence-corrected chi connectivity index (χ4v) is 3.12. The van der Waals surface area contributed by atoms with E-state index in [-0.39, 0.29) is 0 Å². The number of halogens is 1.